The lowest BCUT2D eigenvalue weighted by molar-refractivity contribution is -0.129. The lowest BCUT2D eigenvalue weighted by atomic mass is 10.0. The Hall–Kier alpha value is -3.64. The summed E-state index contributed by atoms with van der Waals surface area (Å²) < 4.78 is 0. The number of hydrogen-bond acceptors (Lipinski definition) is 4. The minimum atomic E-state index is -0.779. The fraction of sp³-hybridized carbons (Fsp3) is 0.231. The summed E-state index contributed by atoms with van der Waals surface area (Å²) in [5, 5.41) is 15.2. The molecule has 0 spiro atoms. The van der Waals surface area contributed by atoms with Gasteiger partial charge in [0.25, 0.3) is 0 Å². The SMILES string of the molecule is N[C@H](CCc1ccccc1)C(=O)N[C@@H](Cc1ccc(O)cc1)C(=O)NCc1ccccc1. The Morgan fingerprint density at radius 2 is 1.38 bits per heavy atom. The third kappa shape index (κ3) is 7.25. The highest BCUT2D eigenvalue weighted by Gasteiger charge is 2.24. The summed E-state index contributed by atoms with van der Waals surface area (Å²) in [6, 6.07) is 24.5. The first-order valence-corrected chi connectivity index (χ1v) is 10.7. The molecular formula is C26H29N3O3. The van der Waals surface area contributed by atoms with Gasteiger partial charge in [0.2, 0.25) is 11.8 Å². The topological polar surface area (TPSA) is 104 Å². The van der Waals surface area contributed by atoms with Crippen molar-refractivity contribution in [2.24, 2.45) is 5.73 Å². The summed E-state index contributed by atoms with van der Waals surface area (Å²) >= 11 is 0. The molecule has 0 saturated heterocycles. The van der Waals surface area contributed by atoms with Gasteiger partial charge in [0.05, 0.1) is 6.04 Å². The van der Waals surface area contributed by atoms with Crippen LogP contribution >= 0.6 is 0 Å². The number of nitrogens with one attached hydrogen (secondary N) is 2. The number of carbonyl (C=O) groups is 2. The average Bonchev–Trinajstić information content (AvgIpc) is 2.83. The maximum absolute atomic E-state index is 12.9. The van der Waals surface area contributed by atoms with Crippen LogP contribution in [0.1, 0.15) is 23.1 Å². The molecule has 0 aliphatic rings. The van der Waals surface area contributed by atoms with E-state index in [0.717, 1.165) is 16.7 Å². The van der Waals surface area contributed by atoms with E-state index in [1.54, 1.807) is 24.3 Å². The molecule has 0 aliphatic carbocycles. The van der Waals surface area contributed by atoms with E-state index in [9.17, 15) is 14.7 Å². The molecule has 5 N–H and O–H groups in total. The van der Waals surface area contributed by atoms with E-state index in [4.69, 9.17) is 5.73 Å². The van der Waals surface area contributed by atoms with Gasteiger partial charge in [-0.25, -0.2) is 0 Å². The summed E-state index contributed by atoms with van der Waals surface area (Å²) in [6.45, 7) is 0.363. The minimum absolute atomic E-state index is 0.144. The predicted molar refractivity (Wildman–Crippen MR) is 125 cm³/mol. The fourth-order valence-electron chi connectivity index (χ4n) is 3.36. The number of rotatable bonds is 10. The van der Waals surface area contributed by atoms with Crippen LogP contribution in [-0.4, -0.2) is 29.0 Å². The van der Waals surface area contributed by atoms with Crippen molar-refractivity contribution in [3.63, 3.8) is 0 Å². The summed E-state index contributed by atoms with van der Waals surface area (Å²) in [5.41, 5.74) is 9.01. The normalized spacial score (nSPS) is 12.5. The van der Waals surface area contributed by atoms with Gasteiger partial charge < -0.3 is 21.5 Å². The summed E-state index contributed by atoms with van der Waals surface area (Å²) in [4.78, 5) is 25.7. The first kappa shape index (κ1) is 23.0. The highest BCUT2D eigenvalue weighted by molar-refractivity contribution is 5.89. The van der Waals surface area contributed by atoms with E-state index < -0.39 is 12.1 Å². The zero-order chi connectivity index (χ0) is 22.8. The van der Waals surface area contributed by atoms with E-state index in [1.807, 2.05) is 60.7 Å². The van der Waals surface area contributed by atoms with Crippen LogP contribution in [-0.2, 0) is 29.0 Å². The highest BCUT2D eigenvalue weighted by atomic mass is 16.3. The Kier molecular flexibility index (Phi) is 8.40. The van der Waals surface area contributed by atoms with Crippen LogP contribution in [0.25, 0.3) is 0 Å². The van der Waals surface area contributed by atoms with Gasteiger partial charge in [0.15, 0.2) is 0 Å². The Morgan fingerprint density at radius 1 is 0.781 bits per heavy atom. The number of carbonyl (C=O) groups excluding carboxylic acids is 2. The van der Waals surface area contributed by atoms with Gasteiger partial charge in [-0.2, -0.15) is 0 Å². The van der Waals surface area contributed by atoms with Crippen molar-refractivity contribution >= 4 is 11.8 Å². The molecule has 3 aromatic carbocycles. The summed E-state index contributed by atoms with van der Waals surface area (Å²) in [7, 11) is 0. The molecule has 2 amide bonds. The molecule has 0 radical (unpaired) electrons. The smallest absolute Gasteiger partial charge is 0.243 e. The average molecular weight is 432 g/mol. The third-order valence-corrected chi connectivity index (χ3v) is 5.24. The van der Waals surface area contributed by atoms with Crippen molar-refractivity contribution < 1.29 is 14.7 Å². The molecule has 0 bridgehead atoms. The molecule has 6 heteroatoms. The molecule has 3 aromatic rings. The van der Waals surface area contributed by atoms with Crippen LogP contribution in [0.5, 0.6) is 5.75 Å². The molecule has 166 valence electrons. The number of hydrogen-bond donors (Lipinski definition) is 4. The van der Waals surface area contributed by atoms with Crippen LogP contribution in [0, 0.1) is 0 Å². The molecule has 0 heterocycles. The van der Waals surface area contributed by atoms with Crippen molar-refractivity contribution in [1.29, 1.82) is 0 Å². The molecule has 0 fully saturated rings. The second-order valence-electron chi connectivity index (χ2n) is 7.77. The van der Waals surface area contributed by atoms with Crippen molar-refractivity contribution in [1.82, 2.24) is 10.6 Å². The van der Waals surface area contributed by atoms with Gasteiger partial charge in [-0.05, 0) is 41.7 Å². The Labute approximate surface area is 188 Å². The van der Waals surface area contributed by atoms with E-state index in [-0.39, 0.29) is 24.0 Å². The van der Waals surface area contributed by atoms with Gasteiger partial charge in [0.1, 0.15) is 11.8 Å². The van der Waals surface area contributed by atoms with Gasteiger partial charge in [-0.3, -0.25) is 9.59 Å². The predicted octanol–water partition coefficient (Wildman–Crippen LogP) is 2.70. The highest BCUT2D eigenvalue weighted by Crippen LogP contribution is 2.12. The Balaban J connectivity index is 1.62. The van der Waals surface area contributed by atoms with Crippen molar-refractivity contribution in [3.8, 4) is 5.75 Å². The van der Waals surface area contributed by atoms with Gasteiger partial charge >= 0.3 is 0 Å². The van der Waals surface area contributed by atoms with Crippen LogP contribution in [0.4, 0.5) is 0 Å². The summed E-state index contributed by atoms with van der Waals surface area (Å²) in [6.07, 6.45) is 1.45. The van der Waals surface area contributed by atoms with Crippen LogP contribution in [0.3, 0.4) is 0 Å². The first-order valence-electron chi connectivity index (χ1n) is 10.7. The molecule has 2 atom stereocenters. The Bertz CT molecular complexity index is 992. The molecular weight excluding hydrogens is 402 g/mol. The van der Waals surface area contributed by atoms with Crippen LogP contribution in [0.15, 0.2) is 84.9 Å². The first-order chi connectivity index (χ1) is 15.5. The number of phenolic OH excluding ortho intramolecular Hbond substituents is 1. The van der Waals surface area contributed by atoms with Gasteiger partial charge in [0, 0.05) is 13.0 Å². The second-order valence-corrected chi connectivity index (χ2v) is 7.77. The van der Waals surface area contributed by atoms with Crippen molar-refractivity contribution in [2.45, 2.75) is 37.9 Å². The number of benzene rings is 3. The van der Waals surface area contributed by atoms with E-state index >= 15 is 0 Å². The van der Waals surface area contributed by atoms with Crippen LogP contribution in [0.2, 0.25) is 0 Å². The number of amides is 2. The Morgan fingerprint density at radius 3 is 2.00 bits per heavy atom. The lowest BCUT2D eigenvalue weighted by Crippen LogP contribution is -2.52. The zero-order valence-corrected chi connectivity index (χ0v) is 17.9. The number of aryl methyl sites for hydroxylation is 1. The molecule has 32 heavy (non-hydrogen) atoms. The standard InChI is InChI=1S/C26H29N3O3/c27-23(16-13-19-7-3-1-4-8-19)25(31)29-24(17-20-11-14-22(30)15-12-20)26(32)28-18-21-9-5-2-6-10-21/h1-12,14-15,23-24,30H,13,16-18,27H2,(H,28,32)(H,29,31)/t23-,24+/m1/s1. The maximum atomic E-state index is 12.9. The number of nitrogens with two attached hydrogens (primary N) is 1. The molecule has 3 rings (SSSR count). The van der Waals surface area contributed by atoms with Gasteiger partial charge in [-0.1, -0.05) is 72.8 Å². The summed E-state index contributed by atoms with van der Waals surface area (Å²) in [5.74, 6) is -0.504. The quantitative estimate of drug-likeness (QED) is 0.396. The number of aromatic hydroxyl groups is 1. The third-order valence-electron chi connectivity index (χ3n) is 5.24. The number of phenols is 1. The van der Waals surface area contributed by atoms with Crippen LogP contribution < -0.4 is 16.4 Å². The van der Waals surface area contributed by atoms with Crippen molar-refractivity contribution in [2.75, 3.05) is 0 Å². The van der Waals surface area contributed by atoms with Crippen molar-refractivity contribution in [3.05, 3.63) is 102 Å². The van der Waals surface area contributed by atoms with Gasteiger partial charge in [-0.15, -0.1) is 0 Å². The largest absolute Gasteiger partial charge is 0.508 e. The molecule has 0 saturated carbocycles. The molecule has 0 aliphatic heterocycles. The second kappa shape index (κ2) is 11.7. The maximum Gasteiger partial charge on any atom is 0.243 e. The zero-order valence-electron chi connectivity index (χ0n) is 17.9. The molecule has 6 nitrogen and oxygen atoms in total. The molecule has 0 aromatic heterocycles. The lowest BCUT2D eigenvalue weighted by Gasteiger charge is -2.21. The monoisotopic (exact) mass is 431 g/mol. The molecule has 0 unspecified atom stereocenters. The van der Waals surface area contributed by atoms with E-state index in [2.05, 4.69) is 10.6 Å². The van der Waals surface area contributed by atoms with E-state index in [0.29, 0.717) is 19.4 Å². The minimum Gasteiger partial charge on any atom is -0.508 e. The fourth-order valence-corrected chi connectivity index (χ4v) is 3.36. The van der Waals surface area contributed by atoms with E-state index in [1.165, 1.54) is 0 Å².